The van der Waals surface area contributed by atoms with Gasteiger partial charge in [0.25, 0.3) is 5.91 Å². The molecule has 0 fully saturated rings. The molecule has 0 radical (unpaired) electrons. The van der Waals surface area contributed by atoms with E-state index in [2.05, 4.69) is 5.32 Å². The second-order valence-electron chi connectivity index (χ2n) is 4.10. The summed E-state index contributed by atoms with van der Waals surface area (Å²) in [6.07, 6.45) is 0.357. The summed E-state index contributed by atoms with van der Waals surface area (Å²) >= 11 is 5.52. The zero-order chi connectivity index (χ0) is 13.0. The number of carbonyl (C=O) groups is 2. The Morgan fingerprint density at radius 1 is 1.47 bits per heavy atom. The molecule has 5 nitrogen and oxygen atoms in total. The van der Waals surface area contributed by atoms with Crippen molar-refractivity contribution in [1.82, 2.24) is 5.32 Å². The molecule has 0 aliphatic heterocycles. The predicted molar refractivity (Wildman–Crippen MR) is 62.1 cm³/mol. The number of rotatable bonds is 5. The number of hydrogen-bond donors (Lipinski definition) is 2. The van der Waals surface area contributed by atoms with Gasteiger partial charge in [-0.15, -0.1) is 0 Å². The molecule has 1 amide bonds. The zero-order valence-corrected chi connectivity index (χ0v) is 10.3. The summed E-state index contributed by atoms with van der Waals surface area (Å²) in [4.78, 5) is 22.6. The van der Waals surface area contributed by atoms with Crippen LogP contribution in [0.25, 0.3) is 0 Å². The number of nitrogens with one attached hydrogen (secondary N) is 1. The molecule has 0 saturated carbocycles. The van der Waals surface area contributed by atoms with Crippen LogP contribution in [-0.4, -0.2) is 23.0 Å². The molecule has 1 rings (SSSR count). The van der Waals surface area contributed by atoms with Crippen molar-refractivity contribution < 1.29 is 19.1 Å². The summed E-state index contributed by atoms with van der Waals surface area (Å²) in [5, 5.41) is 11.4. The van der Waals surface area contributed by atoms with E-state index in [0.29, 0.717) is 6.42 Å². The molecule has 1 heterocycles. The maximum atomic E-state index is 11.6. The van der Waals surface area contributed by atoms with Crippen LogP contribution >= 0.6 is 11.6 Å². The molecule has 0 aromatic carbocycles. The molecule has 17 heavy (non-hydrogen) atoms. The van der Waals surface area contributed by atoms with Crippen molar-refractivity contribution in [3.63, 3.8) is 0 Å². The summed E-state index contributed by atoms with van der Waals surface area (Å²) in [6, 6.07) is 1.90. The minimum absolute atomic E-state index is 0.00464. The summed E-state index contributed by atoms with van der Waals surface area (Å²) in [6.45, 7) is 3.76. The zero-order valence-electron chi connectivity index (χ0n) is 9.57. The van der Waals surface area contributed by atoms with E-state index >= 15 is 0 Å². The lowest BCUT2D eigenvalue weighted by Crippen LogP contribution is -2.41. The first-order valence-corrected chi connectivity index (χ1v) is 5.57. The van der Waals surface area contributed by atoms with Crippen LogP contribution in [0, 0.1) is 5.92 Å². The van der Waals surface area contributed by atoms with Crippen molar-refractivity contribution in [2.45, 2.75) is 26.3 Å². The SMILES string of the molecule is CC(C)C[C@@H](NC(=O)c1ccc(Cl)o1)C(=O)O. The van der Waals surface area contributed by atoms with Crippen molar-refractivity contribution in [3.05, 3.63) is 23.1 Å². The van der Waals surface area contributed by atoms with Crippen molar-refractivity contribution in [3.8, 4) is 0 Å². The van der Waals surface area contributed by atoms with Crippen molar-refractivity contribution >= 4 is 23.5 Å². The summed E-state index contributed by atoms with van der Waals surface area (Å²) in [5.41, 5.74) is 0. The predicted octanol–water partition coefficient (Wildman–Crippen LogP) is 2.16. The smallest absolute Gasteiger partial charge is 0.326 e. The molecular weight excluding hydrogens is 246 g/mol. The van der Waals surface area contributed by atoms with E-state index in [1.807, 2.05) is 13.8 Å². The third-order valence-corrected chi connectivity index (χ3v) is 2.31. The van der Waals surface area contributed by atoms with Gasteiger partial charge < -0.3 is 14.8 Å². The number of carbonyl (C=O) groups excluding carboxylic acids is 1. The number of halogens is 1. The second-order valence-corrected chi connectivity index (χ2v) is 4.47. The maximum Gasteiger partial charge on any atom is 0.326 e. The van der Waals surface area contributed by atoms with Crippen LogP contribution in [0.3, 0.4) is 0 Å². The Kier molecular flexibility index (Phi) is 4.57. The van der Waals surface area contributed by atoms with Crippen molar-refractivity contribution in [1.29, 1.82) is 0 Å². The standard InChI is InChI=1S/C11H14ClNO4/c1-6(2)5-7(11(15)16)13-10(14)8-3-4-9(12)17-8/h3-4,6-7H,5H2,1-2H3,(H,13,14)(H,15,16)/t7-/m1/s1. The van der Waals surface area contributed by atoms with Crippen LogP contribution in [-0.2, 0) is 4.79 Å². The first kappa shape index (κ1) is 13.6. The molecule has 0 aliphatic carbocycles. The van der Waals surface area contributed by atoms with Gasteiger partial charge in [-0.05, 0) is 36.1 Å². The van der Waals surface area contributed by atoms with Crippen LogP contribution in [0.4, 0.5) is 0 Å². The summed E-state index contributed by atoms with van der Waals surface area (Å²) < 4.78 is 4.89. The van der Waals surface area contributed by atoms with Gasteiger partial charge >= 0.3 is 5.97 Å². The highest BCUT2D eigenvalue weighted by Gasteiger charge is 2.23. The third-order valence-electron chi connectivity index (χ3n) is 2.11. The van der Waals surface area contributed by atoms with Gasteiger partial charge in [-0.3, -0.25) is 4.79 Å². The normalized spacial score (nSPS) is 12.5. The number of carboxylic acids is 1. The third kappa shape index (κ3) is 4.11. The topological polar surface area (TPSA) is 79.5 Å². The van der Waals surface area contributed by atoms with E-state index in [1.54, 1.807) is 0 Å². The fourth-order valence-corrected chi connectivity index (χ4v) is 1.50. The molecule has 0 unspecified atom stereocenters. The molecule has 0 aliphatic rings. The van der Waals surface area contributed by atoms with E-state index < -0.39 is 17.9 Å². The first-order chi connectivity index (χ1) is 7.90. The highest BCUT2D eigenvalue weighted by Crippen LogP contribution is 2.13. The monoisotopic (exact) mass is 259 g/mol. The lowest BCUT2D eigenvalue weighted by atomic mass is 10.0. The van der Waals surface area contributed by atoms with E-state index in [-0.39, 0.29) is 16.9 Å². The van der Waals surface area contributed by atoms with E-state index in [1.165, 1.54) is 12.1 Å². The molecule has 1 aromatic rings. The summed E-state index contributed by atoms with van der Waals surface area (Å²) in [7, 11) is 0. The highest BCUT2D eigenvalue weighted by molar-refractivity contribution is 6.29. The molecule has 1 aromatic heterocycles. The van der Waals surface area contributed by atoms with Crippen LogP contribution < -0.4 is 5.32 Å². The number of carboxylic acid groups (broad SMARTS) is 1. The van der Waals surface area contributed by atoms with E-state index in [4.69, 9.17) is 21.1 Å². The van der Waals surface area contributed by atoms with Gasteiger partial charge in [0.2, 0.25) is 0 Å². The van der Waals surface area contributed by atoms with Gasteiger partial charge in [0.1, 0.15) is 6.04 Å². The minimum Gasteiger partial charge on any atom is -0.480 e. The molecule has 2 N–H and O–H groups in total. The van der Waals surface area contributed by atoms with Gasteiger partial charge in [0.05, 0.1) is 0 Å². The van der Waals surface area contributed by atoms with Gasteiger partial charge in [0.15, 0.2) is 11.0 Å². The Labute approximate surface area is 104 Å². The lowest BCUT2D eigenvalue weighted by Gasteiger charge is -2.15. The molecule has 0 saturated heterocycles. The quantitative estimate of drug-likeness (QED) is 0.849. The lowest BCUT2D eigenvalue weighted by molar-refractivity contribution is -0.139. The molecule has 0 bridgehead atoms. The van der Waals surface area contributed by atoms with Crippen LogP contribution in [0.2, 0.25) is 5.22 Å². The van der Waals surface area contributed by atoms with Crippen molar-refractivity contribution in [2.24, 2.45) is 5.92 Å². The maximum absolute atomic E-state index is 11.6. The molecular formula is C11H14ClNO4. The Balaban J connectivity index is 2.67. The minimum atomic E-state index is -1.07. The molecule has 0 spiro atoms. The average molecular weight is 260 g/mol. The fraction of sp³-hybridized carbons (Fsp3) is 0.455. The van der Waals surface area contributed by atoms with E-state index in [9.17, 15) is 9.59 Å². The fourth-order valence-electron chi connectivity index (χ4n) is 1.36. The Bertz CT molecular complexity index is 413. The number of amides is 1. The van der Waals surface area contributed by atoms with Crippen molar-refractivity contribution in [2.75, 3.05) is 0 Å². The second kappa shape index (κ2) is 5.72. The highest BCUT2D eigenvalue weighted by atomic mass is 35.5. The number of aliphatic carboxylic acids is 1. The van der Waals surface area contributed by atoms with Gasteiger partial charge in [0, 0.05) is 0 Å². The summed E-state index contributed by atoms with van der Waals surface area (Å²) in [5.74, 6) is -1.48. The first-order valence-electron chi connectivity index (χ1n) is 5.19. The molecule has 94 valence electrons. The molecule has 1 atom stereocenters. The Morgan fingerprint density at radius 2 is 2.12 bits per heavy atom. The van der Waals surface area contributed by atoms with Gasteiger partial charge in [-0.2, -0.15) is 0 Å². The van der Waals surface area contributed by atoms with Gasteiger partial charge in [-0.25, -0.2) is 4.79 Å². The average Bonchev–Trinajstić information content (AvgIpc) is 2.63. The van der Waals surface area contributed by atoms with Crippen LogP contribution in [0.5, 0.6) is 0 Å². The van der Waals surface area contributed by atoms with Gasteiger partial charge in [-0.1, -0.05) is 13.8 Å². The number of hydrogen-bond acceptors (Lipinski definition) is 3. The van der Waals surface area contributed by atoms with E-state index in [0.717, 1.165) is 0 Å². The Morgan fingerprint density at radius 3 is 2.53 bits per heavy atom. The Hall–Kier alpha value is -1.49. The van der Waals surface area contributed by atoms with Crippen LogP contribution in [0.15, 0.2) is 16.5 Å². The molecule has 6 heteroatoms. The largest absolute Gasteiger partial charge is 0.480 e. The number of furan rings is 1. The van der Waals surface area contributed by atoms with Crippen LogP contribution in [0.1, 0.15) is 30.8 Å².